The van der Waals surface area contributed by atoms with Crippen molar-refractivity contribution >= 4 is 39.1 Å². The summed E-state index contributed by atoms with van der Waals surface area (Å²) in [5.41, 5.74) is 1.27. The number of hydrogen-bond donors (Lipinski definition) is 3. The number of fused-ring (bicyclic) bond motifs is 2. The molecular weight excluding hydrogens is 360 g/mol. The van der Waals surface area contributed by atoms with Crippen LogP contribution >= 0.6 is 11.5 Å². The Kier molecular flexibility index (Phi) is 4.36. The maximum Gasteiger partial charge on any atom is 0.271 e. The quantitative estimate of drug-likeness (QED) is 0.757. The van der Waals surface area contributed by atoms with Crippen molar-refractivity contribution in [3.63, 3.8) is 0 Å². The van der Waals surface area contributed by atoms with Crippen LogP contribution in [0.4, 0.5) is 5.69 Å². The van der Waals surface area contributed by atoms with Gasteiger partial charge in [-0.2, -0.15) is 4.37 Å². The Balaban J connectivity index is 1.31. The van der Waals surface area contributed by atoms with Crippen molar-refractivity contribution in [1.29, 1.82) is 0 Å². The largest absolute Gasteiger partial charge is 0.346 e. The van der Waals surface area contributed by atoms with Gasteiger partial charge < -0.3 is 16.0 Å². The predicted octanol–water partition coefficient (Wildman–Crippen LogP) is 2.76. The van der Waals surface area contributed by atoms with Gasteiger partial charge in [-0.15, -0.1) is 0 Å². The number of hydrogen-bond acceptors (Lipinski definition) is 5. The van der Waals surface area contributed by atoms with Gasteiger partial charge in [0.25, 0.3) is 5.91 Å². The summed E-state index contributed by atoms with van der Waals surface area (Å²) in [6, 6.07) is 5.86. The fraction of sp³-hybridized carbons (Fsp3) is 0.550. The normalized spacial score (nSPS) is 27.3. The molecule has 5 rings (SSSR count). The number of benzene rings is 1. The first kappa shape index (κ1) is 17.1. The average Bonchev–Trinajstić information content (AvgIpc) is 3.41. The summed E-state index contributed by atoms with van der Waals surface area (Å²) in [6.45, 7) is 1.88. The smallest absolute Gasteiger partial charge is 0.271 e. The van der Waals surface area contributed by atoms with Crippen molar-refractivity contribution in [2.24, 2.45) is 17.8 Å². The van der Waals surface area contributed by atoms with Gasteiger partial charge in [0.2, 0.25) is 5.91 Å². The van der Waals surface area contributed by atoms with Crippen LogP contribution in [-0.4, -0.2) is 35.3 Å². The zero-order chi connectivity index (χ0) is 18.4. The first-order valence-corrected chi connectivity index (χ1v) is 10.7. The molecule has 142 valence electrons. The Morgan fingerprint density at radius 3 is 2.81 bits per heavy atom. The van der Waals surface area contributed by atoms with Gasteiger partial charge in [0, 0.05) is 29.6 Å². The second-order valence-corrected chi connectivity index (χ2v) is 8.88. The van der Waals surface area contributed by atoms with Crippen LogP contribution in [0.5, 0.6) is 0 Å². The number of carbonyl (C=O) groups excluding carboxylic acids is 2. The average molecular weight is 385 g/mol. The molecule has 0 spiro atoms. The molecular formula is C20H24N4O2S. The number of aromatic nitrogens is 1. The molecule has 2 amide bonds. The molecule has 2 heterocycles. The third kappa shape index (κ3) is 3.34. The van der Waals surface area contributed by atoms with Crippen LogP contribution in [0.2, 0.25) is 0 Å². The molecule has 0 bridgehead atoms. The van der Waals surface area contributed by atoms with Gasteiger partial charge in [-0.25, -0.2) is 0 Å². The van der Waals surface area contributed by atoms with Crippen LogP contribution in [0.3, 0.4) is 0 Å². The fourth-order valence-corrected chi connectivity index (χ4v) is 5.16. The van der Waals surface area contributed by atoms with Crippen molar-refractivity contribution in [2.45, 2.75) is 38.1 Å². The van der Waals surface area contributed by atoms with E-state index in [2.05, 4.69) is 20.3 Å². The van der Waals surface area contributed by atoms with Crippen LogP contribution < -0.4 is 16.0 Å². The Bertz CT molecular complexity index is 891. The minimum atomic E-state index is -0.0876. The zero-order valence-electron chi connectivity index (χ0n) is 15.2. The van der Waals surface area contributed by atoms with Gasteiger partial charge in [-0.1, -0.05) is 0 Å². The van der Waals surface area contributed by atoms with E-state index in [1.165, 1.54) is 30.8 Å². The van der Waals surface area contributed by atoms with E-state index in [0.29, 0.717) is 11.6 Å². The molecule has 27 heavy (non-hydrogen) atoms. The van der Waals surface area contributed by atoms with Crippen LogP contribution in [0.1, 0.15) is 42.6 Å². The molecule has 6 nitrogen and oxygen atoms in total. The Morgan fingerprint density at radius 1 is 1.15 bits per heavy atom. The lowest BCUT2D eigenvalue weighted by atomic mass is 9.69. The van der Waals surface area contributed by atoms with E-state index in [-0.39, 0.29) is 23.8 Å². The van der Waals surface area contributed by atoms with E-state index in [4.69, 9.17) is 0 Å². The topological polar surface area (TPSA) is 83.1 Å². The summed E-state index contributed by atoms with van der Waals surface area (Å²) < 4.78 is 5.34. The first-order chi connectivity index (χ1) is 13.2. The lowest BCUT2D eigenvalue weighted by Gasteiger charge is -2.40. The minimum Gasteiger partial charge on any atom is -0.346 e. The second kappa shape index (κ2) is 6.87. The van der Waals surface area contributed by atoms with E-state index in [9.17, 15) is 9.59 Å². The highest BCUT2D eigenvalue weighted by molar-refractivity contribution is 7.13. The summed E-state index contributed by atoms with van der Waals surface area (Å²) in [6.07, 6.45) is 5.67. The minimum absolute atomic E-state index is 0.0876. The second-order valence-electron chi connectivity index (χ2n) is 8.08. The summed E-state index contributed by atoms with van der Waals surface area (Å²) in [5, 5.41) is 10.5. The van der Waals surface area contributed by atoms with Gasteiger partial charge in [0.15, 0.2) is 0 Å². The Morgan fingerprint density at radius 2 is 2.04 bits per heavy atom. The fourth-order valence-electron chi connectivity index (χ4n) is 4.34. The molecule has 3 aliphatic rings. The van der Waals surface area contributed by atoms with Crippen molar-refractivity contribution in [2.75, 3.05) is 18.4 Å². The highest BCUT2D eigenvalue weighted by Crippen LogP contribution is 2.40. The van der Waals surface area contributed by atoms with Gasteiger partial charge >= 0.3 is 0 Å². The van der Waals surface area contributed by atoms with Crippen LogP contribution in [-0.2, 0) is 4.79 Å². The molecule has 1 saturated heterocycles. The number of carbonyl (C=O) groups is 2. The Hall–Kier alpha value is -1.99. The predicted molar refractivity (Wildman–Crippen MR) is 106 cm³/mol. The van der Waals surface area contributed by atoms with Crippen LogP contribution in [0, 0.1) is 17.8 Å². The SMILES string of the molecule is O=C(N[C@@H]1CNCCC2CC[C@@H]21)c1nsc2cc(NC(=O)C3CC3)ccc12. The van der Waals surface area contributed by atoms with E-state index in [1.54, 1.807) is 0 Å². The molecule has 1 unspecified atom stereocenters. The standard InChI is InChI=1S/C20H24N4O2S/c25-19(12-1-2-12)22-13-4-6-15-17(9-13)27-24-18(15)20(26)23-16-10-21-8-7-11-3-5-14(11)16/h4,6,9,11-12,14,16,21H,1-3,5,7-8,10H2,(H,22,25)(H,23,26)/t11?,14-,16+/m0/s1. The maximum atomic E-state index is 12.9. The van der Waals surface area contributed by atoms with E-state index >= 15 is 0 Å². The van der Waals surface area contributed by atoms with Gasteiger partial charge in [0.05, 0.1) is 4.70 Å². The lowest BCUT2D eigenvalue weighted by molar-refractivity contribution is -0.117. The summed E-state index contributed by atoms with van der Waals surface area (Å²) >= 11 is 1.31. The molecule has 1 aliphatic heterocycles. The number of nitrogens with zero attached hydrogens (tertiary/aromatic N) is 1. The molecule has 3 atom stereocenters. The number of anilines is 1. The highest BCUT2D eigenvalue weighted by Gasteiger charge is 2.39. The van der Waals surface area contributed by atoms with E-state index in [0.717, 1.165) is 47.6 Å². The molecule has 1 aromatic heterocycles. The van der Waals surface area contributed by atoms with E-state index in [1.807, 2.05) is 18.2 Å². The lowest BCUT2D eigenvalue weighted by Crippen LogP contribution is -2.49. The molecule has 2 aromatic rings. The van der Waals surface area contributed by atoms with Gasteiger partial charge in [-0.05, 0) is 80.2 Å². The van der Waals surface area contributed by atoms with Crippen molar-refractivity contribution in [1.82, 2.24) is 15.0 Å². The monoisotopic (exact) mass is 384 g/mol. The number of nitrogens with one attached hydrogen (secondary N) is 3. The molecule has 0 radical (unpaired) electrons. The summed E-state index contributed by atoms with van der Waals surface area (Å²) in [4.78, 5) is 24.8. The highest BCUT2D eigenvalue weighted by atomic mass is 32.1. The number of rotatable bonds is 4. The number of amides is 2. The van der Waals surface area contributed by atoms with Crippen LogP contribution in [0.15, 0.2) is 18.2 Å². The van der Waals surface area contributed by atoms with Gasteiger partial charge in [0.1, 0.15) is 5.69 Å². The summed E-state index contributed by atoms with van der Waals surface area (Å²) in [7, 11) is 0. The third-order valence-electron chi connectivity index (χ3n) is 6.27. The zero-order valence-corrected chi connectivity index (χ0v) is 16.0. The van der Waals surface area contributed by atoms with Crippen molar-refractivity contribution < 1.29 is 9.59 Å². The van der Waals surface area contributed by atoms with E-state index < -0.39 is 0 Å². The molecule has 2 saturated carbocycles. The summed E-state index contributed by atoms with van der Waals surface area (Å²) in [5.74, 6) is 1.52. The molecule has 3 N–H and O–H groups in total. The molecule has 1 aromatic carbocycles. The third-order valence-corrected chi connectivity index (χ3v) is 7.08. The maximum absolute atomic E-state index is 12.9. The molecule has 3 fully saturated rings. The van der Waals surface area contributed by atoms with Gasteiger partial charge in [-0.3, -0.25) is 9.59 Å². The van der Waals surface area contributed by atoms with Crippen molar-refractivity contribution in [3.05, 3.63) is 23.9 Å². The van der Waals surface area contributed by atoms with Crippen LogP contribution in [0.25, 0.3) is 10.1 Å². The Labute approximate surface area is 162 Å². The molecule has 7 heteroatoms. The first-order valence-electron chi connectivity index (χ1n) is 9.91. The molecule has 2 aliphatic carbocycles. The van der Waals surface area contributed by atoms with Crippen molar-refractivity contribution in [3.8, 4) is 0 Å².